The molecule has 0 aliphatic carbocycles. The van der Waals surface area contributed by atoms with E-state index in [1.165, 1.54) is 0 Å². The Morgan fingerprint density at radius 1 is 0.765 bits per heavy atom. The second kappa shape index (κ2) is 12.2. The second-order valence-corrected chi connectivity index (χ2v) is 8.13. The van der Waals surface area contributed by atoms with Crippen LogP contribution in [0.5, 0.6) is 0 Å². The number of rotatable bonds is 10. The molecule has 0 radical (unpaired) electrons. The van der Waals surface area contributed by atoms with Crippen LogP contribution in [0.2, 0.25) is 0 Å². The van der Waals surface area contributed by atoms with Gasteiger partial charge in [0.25, 0.3) is 5.91 Å². The number of nitrogens with one attached hydrogen (secondary N) is 3. The van der Waals surface area contributed by atoms with E-state index in [0.717, 1.165) is 16.8 Å². The van der Waals surface area contributed by atoms with Crippen molar-refractivity contribution in [3.63, 3.8) is 0 Å². The summed E-state index contributed by atoms with van der Waals surface area (Å²) >= 11 is 0. The first-order valence-electron chi connectivity index (χ1n) is 11.2. The molecule has 3 aromatic rings. The van der Waals surface area contributed by atoms with Crippen molar-refractivity contribution in [1.82, 2.24) is 10.2 Å². The van der Waals surface area contributed by atoms with E-state index in [9.17, 15) is 14.4 Å². The van der Waals surface area contributed by atoms with Gasteiger partial charge in [-0.05, 0) is 53.9 Å². The summed E-state index contributed by atoms with van der Waals surface area (Å²) in [6.07, 6.45) is 1.15. The zero-order valence-corrected chi connectivity index (χ0v) is 19.5. The number of benzene rings is 3. The third-order valence-corrected chi connectivity index (χ3v) is 5.26. The summed E-state index contributed by atoms with van der Waals surface area (Å²) in [4.78, 5) is 37.9. The van der Waals surface area contributed by atoms with Crippen LogP contribution < -0.4 is 16.0 Å². The summed E-state index contributed by atoms with van der Waals surface area (Å²) in [7, 11) is 3.50. The van der Waals surface area contributed by atoms with Gasteiger partial charge in [0.2, 0.25) is 11.8 Å². The molecule has 0 unspecified atom stereocenters. The summed E-state index contributed by atoms with van der Waals surface area (Å²) in [5.41, 5.74) is 4.06. The van der Waals surface area contributed by atoms with Crippen LogP contribution in [0.1, 0.15) is 27.9 Å². The van der Waals surface area contributed by atoms with E-state index in [4.69, 9.17) is 0 Å². The van der Waals surface area contributed by atoms with Crippen molar-refractivity contribution < 1.29 is 14.4 Å². The summed E-state index contributed by atoms with van der Waals surface area (Å²) in [5, 5.41) is 8.78. The minimum Gasteiger partial charge on any atom is -0.376 e. The fourth-order valence-electron chi connectivity index (χ4n) is 3.24. The zero-order valence-electron chi connectivity index (χ0n) is 19.5. The minimum atomic E-state index is -0.193. The Morgan fingerprint density at radius 3 is 2.06 bits per heavy atom. The van der Waals surface area contributed by atoms with Gasteiger partial charge < -0.3 is 20.9 Å². The minimum absolute atomic E-state index is 0.0970. The van der Waals surface area contributed by atoms with E-state index in [2.05, 4.69) is 16.0 Å². The second-order valence-electron chi connectivity index (χ2n) is 8.13. The van der Waals surface area contributed by atoms with Crippen LogP contribution in [0.3, 0.4) is 0 Å². The first-order chi connectivity index (χ1) is 16.4. The van der Waals surface area contributed by atoms with E-state index in [0.29, 0.717) is 30.6 Å². The third-order valence-electron chi connectivity index (χ3n) is 5.26. The highest BCUT2D eigenvalue weighted by Gasteiger charge is 2.08. The van der Waals surface area contributed by atoms with Crippen molar-refractivity contribution in [1.29, 1.82) is 0 Å². The van der Waals surface area contributed by atoms with Gasteiger partial charge in [-0.1, -0.05) is 42.5 Å². The number of carbonyl (C=O) groups is 3. The summed E-state index contributed by atoms with van der Waals surface area (Å²) in [6.45, 7) is 0.566. The molecule has 3 aromatic carbocycles. The third kappa shape index (κ3) is 7.78. The van der Waals surface area contributed by atoms with Gasteiger partial charge in [0, 0.05) is 44.0 Å². The average molecular weight is 459 g/mol. The van der Waals surface area contributed by atoms with Crippen molar-refractivity contribution in [3.8, 4) is 0 Å². The van der Waals surface area contributed by atoms with Crippen molar-refractivity contribution in [2.24, 2.45) is 0 Å². The Morgan fingerprint density at radius 2 is 1.41 bits per heavy atom. The van der Waals surface area contributed by atoms with E-state index in [1.807, 2.05) is 54.6 Å². The molecule has 0 saturated carbocycles. The average Bonchev–Trinajstić information content (AvgIpc) is 2.86. The van der Waals surface area contributed by atoms with Crippen molar-refractivity contribution >= 4 is 29.1 Å². The molecule has 0 heterocycles. The Labute approximate surface area is 200 Å². The van der Waals surface area contributed by atoms with E-state index < -0.39 is 0 Å². The number of hydrogen-bond acceptors (Lipinski definition) is 4. The molecule has 3 amide bonds. The molecule has 7 heteroatoms. The first kappa shape index (κ1) is 24.5. The highest BCUT2D eigenvalue weighted by atomic mass is 16.2. The molecule has 0 aliphatic rings. The predicted molar refractivity (Wildman–Crippen MR) is 135 cm³/mol. The van der Waals surface area contributed by atoms with Crippen LogP contribution in [-0.2, 0) is 22.6 Å². The smallest absolute Gasteiger partial charge is 0.251 e. The quantitative estimate of drug-likeness (QED) is 0.432. The van der Waals surface area contributed by atoms with E-state index in [1.54, 1.807) is 43.3 Å². The van der Waals surface area contributed by atoms with Crippen molar-refractivity contribution in [3.05, 3.63) is 95.6 Å². The molecular formula is C27H30N4O3. The lowest BCUT2D eigenvalue weighted by Gasteiger charge is -2.11. The van der Waals surface area contributed by atoms with Gasteiger partial charge in [-0.15, -0.1) is 0 Å². The van der Waals surface area contributed by atoms with E-state index >= 15 is 0 Å². The number of aryl methyl sites for hydroxylation is 1. The standard InChI is InChI=1S/C27H30N4O3/c1-31(2)26(33)17-10-20-8-13-23(14-9-20)28-19-25(32)30-24-15-11-22(12-16-24)27(34)29-18-21-6-4-3-5-7-21/h3-9,11-16,28H,10,17-19H2,1-2H3,(H,29,34)(H,30,32). The normalized spacial score (nSPS) is 10.3. The maximum atomic E-state index is 12.3. The van der Waals surface area contributed by atoms with Gasteiger partial charge in [-0.25, -0.2) is 0 Å². The number of hydrogen-bond donors (Lipinski definition) is 3. The van der Waals surface area contributed by atoms with Gasteiger partial charge in [0.1, 0.15) is 0 Å². The zero-order chi connectivity index (χ0) is 24.3. The number of anilines is 2. The lowest BCUT2D eigenvalue weighted by molar-refractivity contribution is -0.128. The molecule has 0 aliphatic heterocycles. The Hall–Kier alpha value is -4.13. The molecule has 3 N–H and O–H groups in total. The van der Waals surface area contributed by atoms with Gasteiger partial charge in [0.15, 0.2) is 0 Å². The number of amides is 3. The van der Waals surface area contributed by atoms with Crippen LogP contribution >= 0.6 is 0 Å². The van der Waals surface area contributed by atoms with Crippen molar-refractivity contribution in [2.45, 2.75) is 19.4 Å². The maximum Gasteiger partial charge on any atom is 0.251 e. The lowest BCUT2D eigenvalue weighted by Crippen LogP contribution is -2.23. The molecule has 0 atom stereocenters. The first-order valence-corrected chi connectivity index (χ1v) is 11.2. The number of nitrogens with zero attached hydrogens (tertiary/aromatic N) is 1. The van der Waals surface area contributed by atoms with Crippen molar-refractivity contribution in [2.75, 3.05) is 31.3 Å². The monoisotopic (exact) mass is 458 g/mol. The molecule has 7 nitrogen and oxygen atoms in total. The van der Waals surface area contributed by atoms with Gasteiger partial charge in [0.05, 0.1) is 6.54 Å². The number of carbonyl (C=O) groups excluding carboxylic acids is 3. The van der Waals surface area contributed by atoms with Crippen LogP contribution in [-0.4, -0.2) is 43.3 Å². The molecule has 0 saturated heterocycles. The predicted octanol–water partition coefficient (Wildman–Crippen LogP) is 3.69. The van der Waals surface area contributed by atoms with Crippen LogP contribution in [0.4, 0.5) is 11.4 Å². The summed E-state index contributed by atoms with van der Waals surface area (Å²) in [5.74, 6) is -0.264. The summed E-state index contributed by atoms with van der Waals surface area (Å²) < 4.78 is 0. The SMILES string of the molecule is CN(C)C(=O)CCc1ccc(NCC(=O)Nc2ccc(C(=O)NCc3ccccc3)cc2)cc1. The molecular weight excluding hydrogens is 428 g/mol. The molecule has 0 spiro atoms. The van der Waals surface area contributed by atoms with Crippen LogP contribution in [0.25, 0.3) is 0 Å². The Kier molecular flexibility index (Phi) is 8.80. The van der Waals surface area contributed by atoms with Crippen LogP contribution in [0.15, 0.2) is 78.9 Å². The van der Waals surface area contributed by atoms with Gasteiger partial charge in [-0.2, -0.15) is 0 Å². The fraction of sp³-hybridized carbons (Fsp3) is 0.222. The maximum absolute atomic E-state index is 12.3. The topological polar surface area (TPSA) is 90.5 Å². The highest BCUT2D eigenvalue weighted by Crippen LogP contribution is 2.13. The van der Waals surface area contributed by atoms with E-state index in [-0.39, 0.29) is 24.3 Å². The summed E-state index contributed by atoms with van der Waals surface area (Å²) in [6, 6.07) is 24.2. The van der Waals surface area contributed by atoms with Gasteiger partial charge in [-0.3, -0.25) is 14.4 Å². The largest absolute Gasteiger partial charge is 0.376 e. The molecule has 0 bridgehead atoms. The lowest BCUT2D eigenvalue weighted by atomic mass is 10.1. The molecule has 176 valence electrons. The Balaban J connectivity index is 1.41. The molecule has 0 fully saturated rings. The fourth-order valence-corrected chi connectivity index (χ4v) is 3.24. The molecule has 0 aromatic heterocycles. The molecule has 34 heavy (non-hydrogen) atoms. The highest BCUT2D eigenvalue weighted by molar-refractivity contribution is 5.96. The molecule has 3 rings (SSSR count). The van der Waals surface area contributed by atoms with Crippen LogP contribution in [0, 0.1) is 0 Å². The Bertz CT molecular complexity index is 1090. The van der Waals surface area contributed by atoms with Gasteiger partial charge >= 0.3 is 0 Å².